The number of aliphatic hydroxyl groups is 1. The van der Waals surface area contributed by atoms with Crippen molar-refractivity contribution in [3.8, 4) is 5.75 Å². The fraction of sp³-hybridized carbons (Fsp3) is 0.400. The highest BCUT2D eigenvalue weighted by Crippen LogP contribution is 2.32. The molecule has 0 unspecified atom stereocenters. The number of aliphatic hydroxyl groups excluding tert-OH is 1. The summed E-state index contributed by atoms with van der Waals surface area (Å²) in [6, 6.07) is 17.8. The van der Waals surface area contributed by atoms with E-state index < -0.39 is 6.10 Å². The lowest BCUT2D eigenvalue weighted by atomic mass is 9.84. The van der Waals surface area contributed by atoms with Crippen molar-refractivity contribution in [2.24, 2.45) is 0 Å². The molecule has 0 aliphatic carbocycles. The van der Waals surface area contributed by atoms with Crippen LogP contribution in [-0.2, 0) is 0 Å². The molecule has 0 saturated heterocycles. The Morgan fingerprint density at radius 3 is 2.13 bits per heavy atom. The van der Waals surface area contributed by atoms with Crippen molar-refractivity contribution in [1.82, 2.24) is 0 Å². The molecule has 0 bridgehead atoms. The second-order valence-corrected chi connectivity index (χ2v) is 5.97. The van der Waals surface area contributed by atoms with Gasteiger partial charge in [0.15, 0.2) is 0 Å². The summed E-state index contributed by atoms with van der Waals surface area (Å²) >= 11 is 0. The van der Waals surface area contributed by atoms with Gasteiger partial charge in [0.05, 0.1) is 13.2 Å². The van der Waals surface area contributed by atoms with E-state index in [1.807, 2.05) is 54.6 Å². The first-order chi connectivity index (χ1) is 11.1. The molecule has 0 radical (unpaired) electrons. The maximum absolute atomic E-state index is 10.6. The van der Waals surface area contributed by atoms with Crippen LogP contribution < -0.4 is 10.1 Å². The molecule has 2 aromatic carbocycles. The molecule has 0 amide bonds. The number of benzene rings is 2. The Kier molecular flexibility index (Phi) is 6.05. The molecule has 0 fully saturated rings. The number of methoxy groups -OCH3 is 1. The number of nitrogens with one attached hydrogen (secondary N) is 1. The highest BCUT2D eigenvalue weighted by Gasteiger charge is 2.29. The van der Waals surface area contributed by atoms with E-state index in [1.54, 1.807) is 7.11 Å². The van der Waals surface area contributed by atoms with Crippen LogP contribution in [0.15, 0.2) is 54.6 Å². The normalized spacial score (nSPS) is 12.7. The molecular formula is C20H27NO2. The van der Waals surface area contributed by atoms with E-state index in [9.17, 15) is 5.11 Å². The Hall–Kier alpha value is -2.00. The first kappa shape index (κ1) is 17.4. The molecule has 2 N–H and O–H groups in total. The van der Waals surface area contributed by atoms with Crippen molar-refractivity contribution in [3.63, 3.8) is 0 Å². The van der Waals surface area contributed by atoms with Gasteiger partial charge in [0, 0.05) is 17.6 Å². The zero-order chi connectivity index (χ0) is 16.7. The highest BCUT2D eigenvalue weighted by molar-refractivity contribution is 5.48. The Morgan fingerprint density at radius 1 is 1.00 bits per heavy atom. The number of hydrogen-bond acceptors (Lipinski definition) is 3. The standard InChI is InChI=1S/C20H27NO2/c1-4-20(5-2,15-19(22)16-9-7-6-8-10-16)21-17-11-13-18(23-3)14-12-17/h6-14,19,21-22H,4-5,15H2,1-3H3/t19-/m1/s1. The molecule has 2 aromatic rings. The SMILES string of the molecule is CCC(CC)(C[C@@H](O)c1ccccc1)Nc1ccc(OC)cc1. The second kappa shape index (κ2) is 8.02. The van der Waals surface area contributed by atoms with Crippen molar-refractivity contribution in [3.05, 3.63) is 60.2 Å². The molecule has 1 atom stereocenters. The molecule has 0 aromatic heterocycles. The molecule has 0 spiro atoms. The first-order valence-corrected chi connectivity index (χ1v) is 8.27. The molecule has 0 aliphatic heterocycles. The maximum atomic E-state index is 10.6. The summed E-state index contributed by atoms with van der Waals surface area (Å²) in [4.78, 5) is 0. The number of anilines is 1. The summed E-state index contributed by atoms with van der Waals surface area (Å²) in [5, 5.41) is 14.2. The van der Waals surface area contributed by atoms with Gasteiger partial charge in [0.2, 0.25) is 0 Å². The van der Waals surface area contributed by atoms with Crippen LogP contribution in [0.25, 0.3) is 0 Å². The molecule has 2 rings (SSSR count). The van der Waals surface area contributed by atoms with Crippen LogP contribution in [0.1, 0.15) is 44.8 Å². The van der Waals surface area contributed by atoms with E-state index in [-0.39, 0.29) is 5.54 Å². The fourth-order valence-electron chi connectivity index (χ4n) is 2.91. The van der Waals surface area contributed by atoms with Crippen LogP contribution in [0, 0.1) is 0 Å². The zero-order valence-electron chi connectivity index (χ0n) is 14.3. The topological polar surface area (TPSA) is 41.5 Å². The molecule has 3 nitrogen and oxygen atoms in total. The molecule has 0 heterocycles. The van der Waals surface area contributed by atoms with Crippen LogP contribution in [-0.4, -0.2) is 17.8 Å². The van der Waals surface area contributed by atoms with E-state index in [0.29, 0.717) is 6.42 Å². The van der Waals surface area contributed by atoms with Crippen LogP contribution in [0.2, 0.25) is 0 Å². The lowest BCUT2D eigenvalue weighted by Crippen LogP contribution is -2.38. The molecule has 0 aliphatic rings. The van der Waals surface area contributed by atoms with Gasteiger partial charge in [-0.3, -0.25) is 0 Å². The summed E-state index contributed by atoms with van der Waals surface area (Å²) in [6.07, 6.45) is 2.09. The smallest absolute Gasteiger partial charge is 0.119 e. The Morgan fingerprint density at radius 2 is 1.61 bits per heavy atom. The average Bonchev–Trinajstić information content (AvgIpc) is 2.62. The zero-order valence-corrected chi connectivity index (χ0v) is 14.3. The fourth-order valence-corrected chi connectivity index (χ4v) is 2.91. The van der Waals surface area contributed by atoms with Gasteiger partial charge in [-0.05, 0) is 42.7 Å². The highest BCUT2D eigenvalue weighted by atomic mass is 16.5. The van der Waals surface area contributed by atoms with E-state index in [0.717, 1.165) is 29.8 Å². The predicted molar refractivity (Wildman–Crippen MR) is 95.9 cm³/mol. The third kappa shape index (κ3) is 4.49. The Bertz CT molecular complexity index is 576. The Balaban J connectivity index is 2.14. The van der Waals surface area contributed by atoms with Gasteiger partial charge in [-0.15, -0.1) is 0 Å². The van der Waals surface area contributed by atoms with E-state index >= 15 is 0 Å². The minimum Gasteiger partial charge on any atom is -0.497 e. The minimum absolute atomic E-state index is 0.135. The second-order valence-electron chi connectivity index (χ2n) is 5.97. The van der Waals surface area contributed by atoms with Gasteiger partial charge in [0.1, 0.15) is 5.75 Å². The number of hydrogen-bond donors (Lipinski definition) is 2. The lowest BCUT2D eigenvalue weighted by molar-refractivity contribution is 0.135. The van der Waals surface area contributed by atoms with Crippen molar-refractivity contribution >= 4 is 5.69 Å². The summed E-state index contributed by atoms with van der Waals surface area (Å²) in [6.45, 7) is 4.33. The molecule has 0 saturated carbocycles. The predicted octanol–water partition coefficient (Wildman–Crippen LogP) is 4.79. The number of ether oxygens (including phenoxy) is 1. The van der Waals surface area contributed by atoms with Gasteiger partial charge in [-0.1, -0.05) is 44.2 Å². The summed E-state index contributed by atoms with van der Waals surface area (Å²) in [5.41, 5.74) is 1.88. The summed E-state index contributed by atoms with van der Waals surface area (Å²) in [5.74, 6) is 0.846. The van der Waals surface area contributed by atoms with E-state index in [4.69, 9.17) is 4.74 Å². The van der Waals surface area contributed by atoms with Crippen LogP contribution in [0.5, 0.6) is 5.75 Å². The van der Waals surface area contributed by atoms with Crippen molar-refractivity contribution in [1.29, 1.82) is 0 Å². The third-order valence-corrected chi connectivity index (χ3v) is 4.62. The quantitative estimate of drug-likeness (QED) is 0.736. The monoisotopic (exact) mass is 313 g/mol. The van der Waals surface area contributed by atoms with E-state index in [1.165, 1.54) is 0 Å². The van der Waals surface area contributed by atoms with Crippen LogP contribution in [0.3, 0.4) is 0 Å². The largest absolute Gasteiger partial charge is 0.497 e. The van der Waals surface area contributed by atoms with Crippen molar-refractivity contribution in [2.45, 2.75) is 44.8 Å². The van der Waals surface area contributed by atoms with Gasteiger partial charge >= 0.3 is 0 Å². The van der Waals surface area contributed by atoms with Gasteiger partial charge in [-0.25, -0.2) is 0 Å². The minimum atomic E-state index is -0.471. The molecule has 124 valence electrons. The van der Waals surface area contributed by atoms with Crippen molar-refractivity contribution in [2.75, 3.05) is 12.4 Å². The molecular weight excluding hydrogens is 286 g/mol. The summed E-state index contributed by atoms with van der Waals surface area (Å²) in [7, 11) is 1.67. The van der Waals surface area contributed by atoms with Gasteiger partial charge < -0.3 is 15.2 Å². The molecule has 3 heteroatoms. The van der Waals surface area contributed by atoms with Crippen molar-refractivity contribution < 1.29 is 9.84 Å². The van der Waals surface area contributed by atoms with E-state index in [2.05, 4.69) is 19.2 Å². The van der Waals surface area contributed by atoms with Crippen LogP contribution >= 0.6 is 0 Å². The molecule has 23 heavy (non-hydrogen) atoms. The average molecular weight is 313 g/mol. The Labute approximate surface area is 139 Å². The number of rotatable bonds is 8. The lowest BCUT2D eigenvalue weighted by Gasteiger charge is -2.36. The van der Waals surface area contributed by atoms with Gasteiger partial charge in [0.25, 0.3) is 0 Å². The third-order valence-electron chi connectivity index (χ3n) is 4.62. The first-order valence-electron chi connectivity index (χ1n) is 8.27. The van der Waals surface area contributed by atoms with Gasteiger partial charge in [-0.2, -0.15) is 0 Å². The summed E-state index contributed by atoms with van der Waals surface area (Å²) < 4.78 is 5.21. The van der Waals surface area contributed by atoms with Crippen LogP contribution in [0.4, 0.5) is 5.69 Å². The maximum Gasteiger partial charge on any atom is 0.119 e.